The molecule has 0 saturated carbocycles. The lowest BCUT2D eigenvalue weighted by molar-refractivity contribution is -0.157. The zero-order chi connectivity index (χ0) is 25.0. The van der Waals surface area contributed by atoms with E-state index in [4.69, 9.17) is 4.74 Å². The van der Waals surface area contributed by atoms with Gasteiger partial charge in [0.15, 0.2) is 0 Å². The van der Waals surface area contributed by atoms with Crippen LogP contribution in [-0.2, 0) is 9.53 Å². The Bertz CT molecular complexity index is 996. The van der Waals surface area contributed by atoms with Crippen molar-refractivity contribution < 1.29 is 24.1 Å². The summed E-state index contributed by atoms with van der Waals surface area (Å²) in [6, 6.07) is 14.8. The third-order valence-electron chi connectivity index (χ3n) is 5.86. The van der Waals surface area contributed by atoms with Crippen LogP contribution in [0.15, 0.2) is 60.7 Å². The Kier molecular flexibility index (Phi) is 8.16. The molecule has 184 valence electrons. The number of carbonyl (C=O) groups is 1. The molecule has 0 aromatic heterocycles. The Morgan fingerprint density at radius 3 is 2.38 bits per heavy atom. The molecule has 1 aliphatic heterocycles. The van der Waals surface area contributed by atoms with Gasteiger partial charge in [0, 0.05) is 24.1 Å². The first kappa shape index (κ1) is 25.9. The van der Waals surface area contributed by atoms with Crippen molar-refractivity contribution in [2.75, 3.05) is 4.90 Å². The number of halogens is 1. The number of rotatable bonds is 8. The van der Waals surface area contributed by atoms with Crippen LogP contribution < -0.4 is 4.90 Å². The van der Waals surface area contributed by atoms with Gasteiger partial charge in [0.05, 0.1) is 24.7 Å². The number of para-hydroxylation sites is 1. The molecule has 3 rings (SSSR count). The molecular weight excluding hydrogens is 433 g/mol. The van der Waals surface area contributed by atoms with E-state index in [-0.39, 0.29) is 36.7 Å². The Labute approximate surface area is 201 Å². The zero-order valence-corrected chi connectivity index (χ0v) is 20.6. The van der Waals surface area contributed by atoms with Gasteiger partial charge in [-0.15, -0.1) is 0 Å². The SMILES string of the molecule is CC(C)N1c2ccccc2[C@H](c2ccc(F)cc2)[C@@H]1/C=C/[C@@H](O)C[C@@H](O)CC(=O)OC(C)(C)C. The maximum Gasteiger partial charge on any atom is 0.308 e. The minimum absolute atomic E-state index is 0.0261. The van der Waals surface area contributed by atoms with E-state index in [9.17, 15) is 19.4 Å². The number of aliphatic hydroxyl groups excluding tert-OH is 2. The predicted octanol–water partition coefficient (Wildman–Crippen LogP) is 4.95. The van der Waals surface area contributed by atoms with E-state index in [1.54, 1.807) is 26.8 Å². The van der Waals surface area contributed by atoms with Crippen LogP contribution in [0.2, 0.25) is 0 Å². The average Bonchev–Trinajstić information content (AvgIpc) is 3.05. The van der Waals surface area contributed by atoms with E-state index in [0.717, 1.165) is 16.8 Å². The van der Waals surface area contributed by atoms with Gasteiger partial charge >= 0.3 is 5.97 Å². The lowest BCUT2D eigenvalue weighted by Crippen LogP contribution is -2.38. The number of nitrogens with zero attached hydrogens (tertiary/aromatic N) is 1. The van der Waals surface area contributed by atoms with Crippen molar-refractivity contribution in [3.8, 4) is 0 Å². The van der Waals surface area contributed by atoms with Gasteiger partial charge < -0.3 is 19.8 Å². The Morgan fingerprint density at radius 1 is 1.12 bits per heavy atom. The predicted molar refractivity (Wildman–Crippen MR) is 132 cm³/mol. The van der Waals surface area contributed by atoms with Crippen molar-refractivity contribution >= 4 is 11.7 Å². The molecule has 0 spiro atoms. The van der Waals surface area contributed by atoms with Crippen LogP contribution >= 0.6 is 0 Å². The second kappa shape index (κ2) is 10.7. The number of fused-ring (bicyclic) bond motifs is 1. The fraction of sp³-hybridized carbons (Fsp3) is 0.464. The van der Waals surface area contributed by atoms with Gasteiger partial charge in [0.1, 0.15) is 11.4 Å². The molecule has 0 fully saturated rings. The molecule has 0 aliphatic carbocycles. The second-order valence-electron chi connectivity index (χ2n) is 10.2. The fourth-order valence-electron chi connectivity index (χ4n) is 4.62. The van der Waals surface area contributed by atoms with Gasteiger partial charge in [0.2, 0.25) is 0 Å². The summed E-state index contributed by atoms with van der Waals surface area (Å²) in [5, 5.41) is 20.9. The van der Waals surface area contributed by atoms with Crippen LogP contribution in [0.4, 0.5) is 10.1 Å². The summed E-state index contributed by atoms with van der Waals surface area (Å²) in [6.45, 7) is 9.54. The minimum atomic E-state index is -1.01. The molecule has 0 unspecified atom stereocenters. The summed E-state index contributed by atoms with van der Waals surface area (Å²) in [5.74, 6) is -0.809. The molecule has 2 N–H and O–H groups in total. The van der Waals surface area contributed by atoms with E-state index < -0.39 is 23.8 Å². The maximum absolute atomic E-state index is 13.6. The molecule has 2 aromatic rings. The number of hydrogen-bond donors (Lipinski definition) is 2. The number of benzene rings is 2. The summed E-state index contributed by atoms with van der Waals surface area (Å²) in [5.41, 5.74) is 2.63. The highest BCUT2D eigenvalue weighted by Crippen LogP contribution is 2.46. The smallest absolute Gasteiger partial charge is 0.308 e. The summed E-state index contributed by atoms with van der Waals surface area (Å²) < 4.78 is 18.9. The topological polar surface area (TPSA) is 70.0 Å². The Hall–Kier alpha value is -2.70. The fourth-order valence-corrected chi connectivity index (χ4v) is 4.62. The second-order valence-corrected chi connectivity index (χ2v) is 10.2. The van der Waals surface area contributed by atoms with E-state index in [1.807, 2.05) is 30.3 Å². The standard InChI is InChI=1S/C28H36FNO4/c1-18(2)30-24-9-7-6-8-23(24)27(19-10-12-20(29)13-11-19)25(30)15-14-21(31)16-22(32)17-26(33)34-28(3,4)5/h6-15,18,21-22,25,27,31-32H,16-17H2,1-5H3/b15-14+/t21-,22-,25+,27+/m1/s1. The molecule has 1 aliphatic rings. The quantitative estimate of drug-likeness (QED) is 0.423. The van der Waals surface area contributed by atoms with Gasteiger partial charge in [-0.1, -0.05) is 42.5 Å². The van der Waals surface area contributed by atoms with Crippen LogP contribution in [0.1, 0.15) is 64.5 Å². The molecule has 0 bridgehead atoms. The third-order valence-corrected chi connectivity index (χ3v) is 5.86. The summed E-state index contributed by atoms with van der Waals surface area (Å²) >= 11 is 0. The monoisotopic (exact) mass is 469 g/mol. The maximum atomic E-state index is 13.6. The highest BCUT2D eigenvalue weighted by atomic mass is 19.1. The highest BCUT2D eigenvalue weighted by molar-refractivity contribution is 5.70. The number of esters is 1. The number of aliphatic hydroxyl groups is 2. The van der Waals surface area contributed by atoms with Crippen molar-refractivity contribution in [2.45, 2.75) is 83.3 Å². The van der Waals surface area contributed by atoms with Crippen LogP contribution in [0, 0.1) is 5.82 Å². The number of hydrogen-bond acceptors (Lipinski definition) is 5. The molecule has 0 saturated heterocycles. The summed E-state index contributed by atoms with van der Waals surface area (Å²) in [6.07, 6.45) is 1.55. The molecule has 4 atom stereocenters. The summed E-state index contributed by atoms with van der Waals surface area (Å²) in [7, 11) is 0. The Morgan fingerprint density at radius 2 is 1.76 bits per heavy atom. The van der Waals surface area contributed by atoms with Crippen LogP contribution in [-0.4, -0.2) is 46.1 Å². The normalized spacial score (nSPS) is 20.0. The molecule has 0 radical (unpaired) electrons. The number of ether oxygens (including phenoxy) is 1. The molecule has 0 amide bonds. The molecular formula is C28H36FNO4. The van der Waals surface area contributed by atoms with Crippen molar-refractivity contribution in [3.63, 3.8) is 0 Å². The Balaban J connectivity index is 1.80. The number of carbonyl (C=O) groups excluding carboxylic acids is 1. The lowest BCUT2D eigenvalue weighted by Gasteiger charge is -2.32. The molecule has 1 heterocycles. The van der Waals surface area contributed by atoms with E-state index >= 15 is 0 Å². The van der Waals surface area contributed by atoms with Gasteiger partial charge in [-0.05, 0) is 63.9 Å². The minimum Gasteiger partial charge on any atom is -0.460 e. The first-order valence-corrected chi connectivity index (χ1v) is 11.9. The van der Waals surface area contributed by atoms with Crippen molar-refractivity contribution in [1.29, 1.82) is 0 Å². The molecule has 2 aromatic carbocycles. The first-order valence-electron chi connectivity index (χ1n) is 11.9. The molecule has 34 heavy (non-hydrogen) atoms. The van der Waals surface area contributed by atoms with Crippen molar-refractivity contribution in [1.82, 2.24) is 0 Å². The highest BCUT2D eigenvalue weighted by Gasteiger charge is 2.39. The van der Waals surface area contributed by atoms with Gasteiger partial charge in [-0.3, -0.25) is 4.79 Å². The van der Waals surface area contributed by atoms with Gasteiger partial charge in [-0.2, -0.15) is 0 Å². The van der Waals surface area contributed by atoms with Crippen LogP contribution in [0.25, 0.3) is 0 Å². The van der Waals surface area contributed by atoms with Gasteiger partial charge in [0.25, 0.3) is 0 Å². The van der Waals surface area contributed by atoms with E-state index in [1.165, 1.54) is 12.1 Å². The van der Waals surface area contributed by atoms with E-state index in [2.05, 4.69) is 30.9 Å². The van der Waals surface area contributed by atoms with Crippen molar-refractivity contribution in [2.24, 2.45) is 0 Å². The van der Waals surface area contributed by atoms with Crippen LogP contribution in [0.5, 0.6) is 0 Å². The first-order chi connectivity index (χ1) is 16.0. The van der Waals surface area contributed by atoms with E-state index in [0.29, 0.717) is 0 Å². The molecule has 5 nitrogen and oxygen atoms in total. The largest absolute Gasteiger partial charge is 0.460 e. The zero-order valence-electron chi connectivity index (χ0n) is 20.6. The van der Waals surface area contributed by atoms with Crippen molar-refractivity contribution in [3.05, 3.63) is 77.6 Å². The summed E-state index contributed by atoms with van der Waals surface area (Å²) in [4.78, 5) is 14.3. The van der Waals surface area contributed by atoms with Gasteiger partial charge in [-0.25, -0.2) is 4.39 Å². The average molecular weight is 470 g/mol. The third kappa shape index (κ3) is 6.45. The number of anilines is 1. The van der Waals surface area contributed by atoms with Crippen LogP contribution in [0.3, 0.4) is 0 Å². The lowest BCUT2D eigenvalue weighted by atomic mass is 9.87. The molecule has 6 heteroatoms.